The Bertz CT molecular complexity index is 3750. The SMILES string of the molecule is c1ccc(-c2ccc3c(N(c4ccccc4)c4cc5ccccc5c5ccccc45)c4cc(-c5ccccc5)ccc4c(N(c4ccccc4)c4cc5ccccc5c5ccccc45)c3c2)cc1. The molecule has 0 amide bonds. The highest BCUT2D eigenvalue weighted by Crippen LogP contribution is 2.54. The van der Waals surface area contributed by atoms with Gasteiger partial charge in [0.1, 0.15) is 0 Å². The van der Waals surface area contributed by atoms with Gasteiger partial charge in [-0.1, -0.05) is 218 Å². The molecule has 68 heavy (non-hydrogen) atoms. The van der Waals surface area contributed by atoms with E-state index in [9.17, 15) is 0 Å². The first-order valence-corrected chi connectivity index (χ1v) is 23.4. The van der Waals surface area contributed by atoms with Crippen LogP contribution in [-0.4, -0.2) is 0 Å². The van der Waals surface area contributed by atoms with E-state index in [4.69, 9.17) is 0 Å². The summed E-state index contributed by atoms with van der Waals surface area (Å²) >= 11 is 0. The molecule has 0 saturated heterocycles. The summed E-state index contributed by atoms with van der Waals surface area (Å²) in [5, 5.41) is 14.3. The van der Waals surface area contributed by atoms with Crippen LogP contribution in [0.15, 0.2) is 267 Å². The van der Waals surface area contributed by atoms with Crippen molar-refractivity contribution in [3.05, 3.63) is 267 Å². The van der Waals surface area contributed by atoms with E-state index in [2.05, 4.69) is 277 Å². The van der Waals surface area contributed by atoms with E-state index in [-0.39, 0.29) is 0 Å². The molecule has 0 unspecified atom stereocenters. The van der Waals surface area contributed by atoms with Gasteiger partial charge in [0.05, 0.1) is 22.7 Å². The molecule has 0 heterocycles. The molecular formula is C66H44N2. The number of fused-ring (bicyclic) bond motifs is 8. The Morgan fingerprint density at radius 1 is 0.191 bits per heavy atom. The number of hydrogen-bond donors (Lipinski definition) is 0. The summed E-state index contributed by atoms with van der Waals surface area (Å²) in [7, 11) is 0. The van der Waals surface area contributed by atoms with Gasteiger partial charge >= 0.3 is 0 Å². The second-order valence-electron chi connectivity index (χ2n) is 17.6. The van der Waals surface area contributed by atoms with Gasteiger partial charge in [-0.05, 0) is 103 Å². The van der Waals surface area contributed by atoms with Crippen molar-refractivity contribution < 1.29 is 0 Å². The first kappa shape index (κ1) is 39.4. The molecule has 0 N–H and O–H groups in total. The molecule has 2 nitrogen and oxygen atoms in total. The summed E-state index contributed by atoms with van der Waals surface area (Å²) in [6.07, 6.45) is 0. The quantitative estimate of drug-likeness (QED) is 0.0853. The minimum atomic E-state index is 1.08. The highest BCUT2D eigenvalue weighted by atomic mass is 15.2. The number of para-hydroxylation sites is 2. The molecule has 0 aromatic heterocycles. The monoisotopic (exact) mass is 864 g/mol. The standard InChI is InChI=1S/C66H44N2/c1-5-21-45(22-6-1)47-37-39-59-61(41-47)65(67(51-27-9-3-10-28-51)63-43-49-25-13-15-31-53(49)55-33-17-19-35-57(55)63)60-40-38-48(46-23-7-2-8-24-46)42-62(60)66(59)68(52-29-11-4-12-30-52)64-44-50-26-14-16-32-54(50)56-34-18-20-36-58(56)64/h1-44H. The zero-order chi connectivity index (χ0) is 45.0. The van der Waals surface area contributed by atoms with Crippen LogP contribution in [0, 0.1) is 0 Å². The number of hydrogen-bond acceptors (Lipinski definition) is 2. The lowest BCUT2D eigenvalue weighted by atomic mass is 9.90. The summed E-state index contributed by atoms with van der Waals surface area (Å²) in [6.45, 7) is 0. The summed E-state index contributed by atoms with van der Waals surface area (Å²) in [4.78, 5) is 5.08. The largest absolute Gasteiger partial charge is 0.309 e. The van der Waals surface area contributed by atoms with Gasteiger partial charge in [0.25, 0.3) is 0 Å². The van der Waals surface area contributed by atoms with Gasteiger partial charge in [-0.15, -0.1) is 0 Å². The Labute approximate surface area is 395 Å². The minimum Gasteiger partial charge on any atom is -0.309 e. The maximum absolute atomic E-state index is 2.54. The second kappa shape index (κ2) is 16.5. The molecule has 2 heteroatoms. The number of anilines is 6. The van der Waals surface area contributed by atoms with Crippen LogP contribution in [0.5, 0.6) is 0 Å². The molecule has 0 bridgehead atoms. The second-order valence-corrected chi connectivity index (χ2v) is 17.6. The van der Waals surface area contributed by atoms with Crippen LogP contribution in [0.25, 0.3) is 86.9 Å². The van der Waals surface area contributed by atoms with E-state index >= 15 is 0 Å². The van der Waals surface area contributed by atoms with Gasteiger partial charge in [-0.25, -0.2) is 0 Å². The molecule has 0 radical (unpaired) electrons. The molecule has 0 fully saturated rings. The van der Waals surface area contributed by atoms with Gasteiger partial charge in [0, 0.05) is 43.7 Å². The molecule has 0 atom stereocenters. The predicted octanol–water partition coefficient (Wildman–Crippen LogP) is 18.9. The van der Waals surface area contributed by atoms with Crippen LogP contribution >= 0.6 is 0 Å². The number of rotatable bonds is 8. The van der Waals surface area contributed by atoms with E-state index < -0.39 is 0 Å². The fourth-order valence-corrected chi connectivity index (χ4v) is 10.7. The van der Waals surface area contributed by atoms with Crippen molar-refractivity contribution in [1.82, 2.24) is 0 Å². The summed E-state index contributed by atoms with van der Waals surface area (Å²) in [6, 6.07) is 98.0. The first-order chi connectivity index (χ1) is 33.8. The average Bonchev–Trinajstić information content (AvgIpc) is 3.42. The molecule has 0 spiro atoms. The smallest absolute Gasteiger partial charge is 0.0620 e. The van der Waals surface area contributed by atoms with Gasteiger partial charge in [-0.3, -0.25) is 0 Å². The van der Waals surface area contributed by atoms with Crippen LogP contribution in [0.4, 0.5) is 34.1 Å². The molecule has 0 saturated carbocycles. The van der Waals surface area contributed by atoms with Gasteiger partial charge in [0.2, 0.25) is 0 Å². The van der Waals surface area contributed by atoms with E-state index in [1.807, 2.05) is 0 Å². The summed E-state index contributed by atoms with van der Waals surface area (Å²) < 4.78 is 0. The third-order valence-electron chi connectivity index (χ3n) is 13.7. The van der Waals surface area contributed by atoms with E-state index in [0.29, 0.717) is 0 Å². The Morgan fingerprint density at radius 2 is 0.515 bits per heavy atom. The van der Waals surface area contributed by atoms with Crippen LogP contribution in [0.3, 0.4) is 0 Å². The van der Waals surface area contributed by atoms with Gasteiger partial charge in [-0.2, -0.15) is 0 Å². The molecule has 0 aliphatic carbocycles. The highest BCUT2D eigenvalue weighted by Gasteiger charge is 2.28. The van der Waals surface area contributed by atoms with Crippen molar-refractivity contribution in [2.75, 3.05) is 9.80 Å². The molecule has 0 aliphatic heterocycles. The Hall–Kier alpha value is -8.98. The third kappa shape index (κ3) is 6.57. The molecular weight excluding hydrogens is 821 g/mol. The Balaban J connectivity index is 1.24. The number of benzene rings is 13. The molecule has 13 rings (SSSR count). The Morgan fingerprint density at radius 3 is 0.912 bits per heavy atom. The van der Waals surface area contributed by atoms with Gasteiger partial charge in [0.15, 0.2) is 0 Å². The minimum absolute atomic E-state index is 1.08. The number of nitrogens with zero attached hydrogens (tertiary/aromatic N) is 2. The lowest BCUT2D eigenvalue weighted by Crippen LogP contribution is -2.15. The van der Waals surface area contributed by atoms with Crippen molar-refractivity contribution in [1.29, 1.82) is 0 Å². The van der Waals surface area contributed by atoms with Crippen molar-refractivity contribution in [3.8, 4) is 22.3 Å². The topological polar surface area (TPSA) is 6.48 Å². The summed E-state index contributed by atoms with van der Waals surface area (Å²) in [5.41, 5.74) is 11.3. The maximum Gasteiger partial charge on any atom is 0.0620 e. The van der Waals surface area contributed by atoms with Crippen molar-refractivity contribution in [3.63, 3.8) is 0 Å². The molecule has 318 valence electrons. The fraction of sp³-hybridized carbons (Fsp3) is 0. The van der Waals surface area contributed by atoms with E-state index in [1.54, 1.807) is 0 Å². The third-order valence-corrected chi connectivity index (χ3v) is 13.7. The van der Waals surface area contributed by atoms with Crippen molar-refractivity contribution >= 4 is 98.8 Å². The zero-order valence-electron chi connectivity index (χ0n) is 37.3. The van der Waals surface area contributed by atoms with E-state index in [0.717, 1.165) is 66.8 Å². The fourth-order valence-electron chi connectivity index (χ4n) is 10.7. The van der Waals surface area contributed by atoms with Crippen LogP contribution in [0.1, 0.15) is 0 Å². The van der Waals surface area contributed by atoms with Gasteiger partial charge < -0.3 is 9.80 Å². The molecule has 13 aromatic carbocycles. The van der Waals surface area contributed by atoms with E-state index in [1.165, 1.54) is 54.2 Å². The molecule has 13 aromatic rings. The van der Waals surface area contributed by atoms with Crippen molar-refractivity contribution in [2.24, 2.45) is 0 Å². The highest BCUT2D eigenvalue weighted by molar-refractivity contribution is 6.27. The summed E-state index contributed by atoms with van der Waals surface area (Å²) in [5.74, 6) is 0. The Kier molecular flexibility index (Phi) is 9.54. The lowest BCUT2D eigenvalue weighted by Gasteiger charge is -2.34. The van der Waals surface area contributed by atoms with Crippen LogP contribution in [0.2, 0.25) is 0 Å². The van der Waals surface area contributed by atoms with Crippen LogP contribution in [-0.2, 0) is 0 Å². The molecule has 0 aliphatic rings. The average molecular weight is 865 g/mol. The van der Waals surface area contributed by atoms with Crippen LogP contribution < -0.4 is 9.80 Å². The predicted molar refractivity (Wildman–Crippen MR) is 292 cm³/mol. The first-order valence-electron chi connectivity index (χ1n) is 23.4. The maximum atomic E-state index is 2.54. The normalized spacial score (nSPS) is 11.5. The zero-order valence-corrected chi connectivity index (χ0v) is 37.3. The van der Waals surface area contributed by atoms with Crippen molar-refractivity contribution in [2.45, 2.75) is 0 Å². The lowest BCUT2D eigenvalue weighted by molar-refractivity contribution is 1.31.